The standard InChI is InChI=1S/C12H13N3O2S/c1-7-10(18-6-15-7)5-14-11-8(12(16)17)3-2-4-9(11)13/h2-4,6,14H,5,13H2,1H3,(H,16,17). The van der Waals surface area contributed by atoms with E-state index >= 15 is 0 Å². The number of hydrogen-bond donors (Lipinski definition) is 3. The molecule has 1 heterocycles. The summed E-state index contributed by atoms with van der Waals surface area (Å²) in [6, 6.07) is 4.83. The zero-order valence-electron chi connectivity index (χ0n) is 9.80. The molecule has 5 nitrogen and oxygen atoms in total. The van der Waals surface area contributed by atoms with Gasteiger partial charge in [-0.05, 0) is 19.1 Å². The molecule has 0 bridgehead atoms. The highest BCUT2D eigenvalue weighted by Gasteiger charge is 2.12. The van der Waals surface area contributed by atoms with Crippen molar-refractivity contribution < 1.29 is 9.90 Å². The number of thiazole rings is 1. The van der Waals surface area contributed by atoms with Gasteiger partial charge in [0, 0.05) is 4.88 Å². The summed E-state index contributed by atoms with van der Waals surface area (Å²) in [4.78, 5) is 16.3. The highest BCUT2D eigenvalue weighted by molar-refractivity contribution is 7.09. The molecule has 0 saturated heterocycles. The second kappa shape index (κ2) is 5.05. The number of nitrogen functional groups attached to an aromatic ring is 1. The Bertz CT molecular complexity index is 580. The fourth-order valence-electron chi connectivity index (χ4n) is 1.61. The predicted octanol–water partition coefficient (Wildman–Crippen LogP) is 2.34. The lowest BCUT2D eigenvalue weighted by atomic mass is 10.1. The maximum Gasteiger partial charge on any atom is 0.337 e. The van der Waals surface area contributed by atoms with E-state index in [1.807, 2.05) is 6.92 Å². The van der Waals surface area contributed by atoms with Gasteiger partial charge in [0.25, 0.3) is 0 Å². The highest BCUT2D eigenvalue weighted by atomic mass is 32.1. The lowest BCUT2D eigenvalue weighted by molar-refractivity contribution is 0.0698. The first kappa shape index (κ1) is 12.4. The SMILES string of the molecule is Cc1ncsc1CNc1c(N)cccc1C(=O)O. The molecule has 0 aliphatic rings. The van der Waals surface area contributed by atoms with Crippen molar-refractivity contribution in [1.82, 2.24) is 4.98 Å². The van der Waals surface area contributed by atoms with Gasteiger partial charge in [-0.2, -0.15) is 0 Å². The van der Waals surface area contributed by atoms with Crippen molar-refractivity contribution in [3.05, 3.63) is 39.8 Å². The Morgan fingerprint density at radius 3 is 2.94 bits per heavy atom. The molecule has 0 atom stereocenters. The van der Waals surface area contributed by atoms with E-state index in [1.165, 1.54) is 17.4 Å². The molecule has 4 N–H and O–H groups in total. The van der Waals surface area contributed by atoms with Gasteiger partial charge in [0.05, 0.1) is 34.7 Å². The number of nitrogens with two attached hydrogens (primary N) is 1. The predicted molar refractivity (Wildman–Crippen MR) is 72.0 cm³/mol. The number of nitrogens with one attached hydrogen (secondary N) is 1. The first-order valence-electron chi connectivity index (χ1n) is 5.34. The summed E-state index contributed by atoms with van der Waals surface area (Å²) < 4.78 is 0. The number of aromatic nitrogens is 1. The number of nitrogens with zero attached hydrogens (tertiary/aromatic N) is 1. The molecule has 6 heteroatoms. The number of carboxylic acids is 1. The number of benzene rings is 1. The van der Waals surface area contributed by atoms with Gasteiger partial charge in [-0.15, -0.1) is 11.3 Å². The summed E-state index contributed by atoms with van der Waals surface area (Å²) >= 11 is 1.53. The zero-order valence-corrected chi connectivity index (χ0v) is 10.6. The molecule has 1 aromatic carbocycles. The van der Waals surface area contributed by atoms with E-state index in [-0.39, 0.29) is 5.56 Å². The molecule has 0 saturated carbocycles. The molecule has 18 heavy (non-hydrogen) atoms. The molecular weight excluding hydrogens is 250 g/mol. The number of aryl methyl sites for hydroxylation is 1. The summed E-state index contributed by atoms with van der Waals surface area (Å²) in [5.41, 5.74) is 9.57. The molecule has 0 fully saturated rings. The van der Waals surface area contributed by atoms with Crippen LogP contribution in [0.5, 0.6) is 0 Å². The van der Waals surface area contributed by atoms with Gasteiger partial charge in [-0.1, -0.05) is 6.07 Å². The van der Waals surface area contributed by atoms with Crippen LogP contribution >= 0.6 is 11.3 Å². The van der Waals surface area contributed by atoms with Crippen LogP contribution in [0.3, 0.4) is 0 Å². The van der Waals surface area contributed by atoms with Crippen molar-refractivity contribution in [2.24, 2.45) is 0 Å². The van der Waals surface area contributed by atoms with Crippen LogP contribution in [0, 0.1) is 6.92 Å². The lowest BCUT2D eigenvalue weighted by Gasteiger charge is -2.11. The number of para-hydroxylation sites is 1. The topological polar surface area (TPSA) is 88.2 Å². The minimum Gasteiger partial charge on any atom is -0.478 e. The maximum absolute atomic E-state index is 11.1. The first-order chi connectivity index (χ1) is 8.59. The number of aromatic carboxylic acids is 1. The van der Waals surface area contributed by atoms with Crippen molar-refractivity contribution in [2.45, 2.75) is 13.5 Å². The monoisotopic (exact) mass is 263 g/mol. The van der Waals surface area contributed by atoms with Crippen LogP contribution < -0.4 is 11.1 Å². The number of rotatable bonds is 4. The molecule has 0 spiro atoms. The minimum absolute atomic E-state index is 0.178. The number of anilines is 2. The Morgan fingerprint density at radius 2 is 2.33 bits per heavy atom. The van der Waals surface area contributed by atoms with Crippen LogP contribution in [0.1, 0.15) is 20.9 Å². The van der Waals surface area contributed by atoms with E-state index in [4.69, 9.17) is 10.8 Å². The third-order valence-corrected chi connectivity index (χ3v) is 3.53. The summed E-state index contributed by atoms with van der Waals surface area (Å²) in [5, 5.41) is 12.2. The average molecular weight is 263 g/mol. The van der Waals surface area contributed by atoms with Crippen LogP contribution in [0.4, 0.5) is 11.4 Å². The van der Waals surface area contributed by atoms with Gasteiger partial charge in [0.15, 0.2) is 0 Å². The third-order valence-electron chi connectivity index (χ3n) is 2.60. The molecule has 0 radical (unpaired) electrons. The van der Waals surface area contributed by atoms with Gasteiger partial charge in [-0.3, -0.25) is 0 Å². The van der Waals surface area contributed by atoms with E-state index < -0.39 is 5.97 Å². The number of hydrogen-bond acceptors (Lipinski definition) is 5. The van der Waals surface area contributed by atoms with Gasteiger partial charge in [0.1, 0.15) is 0 Å². The summed E-state index contributed by atoms with van der Waals surface area (Å²) in [5.74, 6) is -0.995. The van der Waals surface area contributed by atoms with Crippen molar-refractivity contribution >= 4 is 28.7 Å². The van der Waals surface area contributed by atoms with Crippen LogP contribution in [0.25, 0.3) is 0 Å². The van der Waals surface area contributed by atoms with E-state index in [9.17, 15) is 4.79 Å². The minimum atomic E-state index is -0.995. The summed E-state index contributed by atoms with van der Waals surface area (Å²) in [6.07, 6.45) is 0. The molecular formula is C12H13N3O2S. The quantitative estimate of drug-likeness (QED) is 0.737. The van der Waals surface area contributed by atoms with E-state index in [0.29, 0.717) is 17.9 Å². The molecule has 2 rings (SSSR count). The Morgan fingerprint density at radius 1 is 1.56 bits per heavy atom. The lowest BCUT2D eigenvalue weighted by Crippen LogP contribution is -2.08. The van der Waals surface area contributed by atoms with Gasteiger partial charge < -0.3 is 16.2 Å². The largest absolute Gasteiger partial charge is 0.478 e. The van der Waals surface area contributed by atoms with Crippen LogP contribution in [-0.2, 0) is 6.54 Å². The second-order valence-electron chi connectivity index (χ2n) is 3.79. The fourth-order valence-corrected chi connectivity index (χ4v) is 2.33. The fraction of sp³-hybridized carbons (Fsp3) is 0.167. The molecule has 2 aromatic rings. The molecule has 0 aliphatic carbocycles. The van der Waals surface area contributed by atoms with E-state index in [1.54, 1.807) is 17.6 Å². The third kappa shape index (κ3) is 2.43. The number of carboxylic acid groups (broad SMARTS) is 1. The Balaban J connectivity index is 2.24. The molecule has 1 aromatic heterocycles. The van der Waals surface area contributed by atoms with Crippen LogP contribution in [0.15, 0.2) is 23.7 Å². The van der Waals surface area contributed by atoms with Gasteiger partial charge >= 0.3 is 5.97 Å². The molecule has 0 unspecified atom stereocenters. The summed E-state index contributed by atoms with van der Waals surface area (Å²) in [6.45, 7) is 2.44. The van der Waals surface area contributed by atoms with Gasteiger partial charge in [0.2, 0.25) is 0 Å². The van der Waals surface area contributed by atoms with Crippen LogP contribution in [-0.4, -0.2) is 16.1 Å². The Hall–Kier alpha value is -2.08. The van der Waals surface area contributed by atoms with Crippen molar-refractivity contribution in [3.8, 4) is 0 Å². The zero-order chi connectivity index (χ0) is 13.1. The van der Waals surface area contributed by atoms with Gasteiger partial charge in [-0.25, -0.2) is 9.78 Å². The molecule has 0 amide bonds. The second-order valence-corrected chi connectivity index (χ2v) is 4.73. The van der Waals surface area contributed by atoms with Crippen LogP contribution in [0.2, 0.25) is 0 Å². The van der Waals surface area contributed by atoms with Crippen molar-refractivity contribution in [2.75, 3.05) is 11.1 Å². The highest BCUT2D eigenvalue weighted by Crippen LogP contribution is 2.25. The normalized spacial score (nSPS) is 10.3. The van der Waals surface area contributed by atoms with Crippen molar-refractivity contribution in [1.29, 1.82) is 0 Å². The average Bonchev–Trinajstić information content (AvgIpc) is 2.73. The molecule has 94 valence electrons. The molecule has 0 aliphatic heterocycles. The number of carbonyl (C=O) groups is 1. The van der Waals surface area contributed by atoms with E-state index in [2.05, 4.69) is 10.3 Å². The van der Waals surface area contributed by atoms with Crippen molar-refractivity contribution in [3.63, 3.8) is 0 Å². The Kier molecular flexibility index (Phi) is 3.47. The maximum atomic E-state index is 11.1. The smallest absolute Gasteiger partial charge is 0.337 e. The summed E-state index contributed by atoms with van der Waals surface area (Å²) in [7, 11) is 0. The first-order valence-corrected chi connectivity index (χ1v) is 6.22. The van der Waals surface area contributed by atoms with E-state index in [0.717, 1.165) is 10.6 Å². The Labute approximate surface area is 108 Å².